The fourth-order valence-corrected chi connectivity index (χ4v) is 0.744. The Morgan fingerprint density at radius 2 is 2.27 bits per heavy atom. The van der Waals surface area contributed by atoms with Gasteiger partial charge in [-0.25, -0.2) is 0 Å². The molecule has 0 unspecified atom stereocenters. The molecule has 1 aliphatic heterocycles. The lowest BCUT2D eigenvalue weighted by Crippen LogP contribution is -1.92. The van der Waals surface area contributed by atoms with Crippen LogP contribution < -0.4 is 5.32 Å². The molecule has 1 N–H and O–H groups in total. The van der Waals surface area contributed by atoms with Crippen molar-refractivity contribution < 1.29 is 0 Å². The molecule has 0 saturated carbocycles. The first-order valence-electron chi connectivity index (χ1n) is 3.65. The van der Waals surface area contributed by atoms with Crippen LogP contribution >= 0.6 is 0 Å². The van der Waals surface area contributed by atoms with Crippen molar-refractivity contribution >= 4 is 5.71 Å². The highest BCUT2D eigenvalue weighted by Crippen LogP contribution is 1.91. The van der Waals surface area contributed by atoms with Crippen LogP contribution in [0.15, 0.2) is 41.8 Å². The molecule has 11 heavy (non-hydrogen) atoms. The molecule has 0 amide bonds. The van der Waals surface area contributed by atoms with Crippen LogP contribution in [0.4, 0.5) is 0 Å². The summed E-state index contributed by atoms with van der Waals surface area (Å²) >= 11 is 0. The van der Waals surface area contributed by atoms with Crippen LogP contribution in [-0.2, 0) is 0 Å². The van der Waals surface area contributed by atoms with Crippen LogP contribution in [0.3, 0.4) is 0 Å². The molecule has 0 aliphatic carbocycles. The second kappa shape index (κ2) is 4.50. The summed E-state index contributed by atoms with van der Waals surface area (Å²) in [6.07, 6.45) is 12.4. The summed E-state index contributed by atoms with van der Waals surface area (Å²) in [6.45, 7) is 2.01. The molecular weight excluding hydrogens is 136 g/mol. The molecule has 1 aliphatic rings. The fourth-order valence-electron chi connectivity index (χ4n) is 0.744. The third kappa shape index (κ3) is 3.40. The van der Waals surface area contributed by atoms with Crippen LogP contribution in [0.1, 0.15) is 13.3 Å². The van der Waals surface area contributed by atoms with E-state index in [1.807, 2.05) is 25.3 Å². The van der Waals surface area contributed by atoms with Gasteiger partial charge < -0.3 is 5.32 Å². The van der Waals surface area contributed by atoms with Crippen LogP contribution in [0.25, 0.3) is 0 Å². The first-order chi connectivity index (χ1) is 5.39. The molecule has 0 bridgehead atoms. The summed E-state index contributed by atoms with van der Waals surface area (Å²) in [7, 11) is 0. The highest BCUT2D eigenvalue weighted by atomic mass is 14.8. The van der Waals surface area contributed by atoms with Gasteiger partial charge in [0.1, 0.15) is 0 Å². The van der Waals surface area contributed by atoms with E-state index in [4.69, 9.17) is 0 Å². The third-order valence-corrected chi connectivity index (χ3v) is 1.32. The molecule has 0 spiro atoms. The summed E-state index contributed by atoms with van der Waals surface area (Å²) in [4.78, 5) is 4.17. The number of hydrogen-bond donors (Lipinski definition) is 1. The van der Waals surface area contributed by atoms with Gasteiger partial charge >= 0.3 is 0 Å². The zero-order chi connectivity index (χ0) is 7.94. The van der Waals surface area contributed by atoms with Gasteiger partial charge in [0.15, 0.2) is 0 Å². The smallest absolute Gasteiger partial charge is 0.0427 e. The van der Waals surface area contributed by atoms with Gasteiger partial charge in [0.05, 0.1) is 0 Å². The van der Waals surface area contributed by atoms with Crippen molar-refractivity contribution in [3.8, 4) is 0 Å². The number of allylic oxidation sites excluding steroid dienone is 3. The van der Waals surface area contributed by atoms with Crippen LogP contribution in [0.5, 0.6) is 0 Å². The number of nitrogens with one attached hydrogen (secondary N) is 1. The van der Waals surface area contributed by atoms with E-state index in [0.29, 0.717) is 0 Å². The van der Waals surface area contributed by atoms with Crippen LogP contribution in [0, 0.1) is 0 Å². The minimum atomic E-state index is 0.925. The Kier molecular flexibility index (Phi) is 3.19. The molecule has 1 heterocycles. The predicted molar refractivity (Wildman–Crippen MR) is 48.3 cm³/mol. The zero-order valence-corrected chi connectivity index (χ0v) is 6.62. The summed E-state index contributed by atoms with van der Waals surface area (Å²) in [6, 6.07) is 0. The van der Waals surface area contributed by atoms with Gasteiger partial charge in [-0.1, -0.05) is 12.2 Å². The molecule has 2 nitrogen and oxygen atoms in total. The van der Waals surface area contributed by atoms with Crippen molar-refractivity contribution in [2.75, 3.05) is 0 Å². The molecule has 0 aromatic heterocycles. The number of hydrogen-bond acceptors (Lipinski definition) is 2. The fraction of sp³-hybridized carbons (Fsp3) is 0.222. The maximum atomic E-state index is 4.17. The van der Waals surface area contributed by atoms with Crippen molar-refractivity contribution in [2.24, 2.45) is 4.99 Å². The van der Waals surface area contributed by atoms with Gasteiger partial charge in [-0.3, -0.25) is 4.99 Å². The van der Waals surface area contributed by atoms with E-state index in [-0.39, 0.29) is 0 Å². The Morgan fingerprint density at radius 3 is 3.18 bits per heavy atom. The average Bonchev–Trinajstić information content (AvgIpc) is 2.03. The Labute approximate surface area is 67.0 Å². The first-order valence-corrected chi connectivity index (χ1v) is 3.65. The number of aliphatic imine (C=N–C) groups is 1. The minimum absolute atomic E-state index is 0.925. The van der Waals surface area contributed by atoms with Gasteiger partial charge in [0.2, 0.25) is 0 Å². The van der Waals surface area contributed by atoms with Gasteiger partial charge in [-0.2, -0.15) is 0 Å². The Morgan fingerprint density at radius 1 is 1.36 bits per heavy atom. The standard InChI is InChI=1S/C9H12N2/c1-9-5-3-2-4-6-10-7-8-11-9/h2-4,6-8,10H,5H2,1H3/b3-2+,6-4-,8-7-,11-9?. The van der Waals surface area contributed by atoms with Gasteiger partial charge in [0.25, 0.3) is 0 Å². The topological polar surface area (TPSA) is 24.4 Å². The number of nitrogens with zero attached hydrogens (tertiary/aromatic N) is 1. The molecule has 0 fully saturated rings. The van der Waals surface area contributed by atoms with E-state index in [2.05, 4.69) is 16.4 Å². The average molecular weight is 148 g/mol. The van der Waals surface area contributed by atoms with E-state index in [1.54, 1.807) is 12.4 Å². The van der Waals surface area contributed by atoms with Crippen molar-refractivity contribution in [1.82, 2.24) is 5.32 Å². The Hall–Kier alpha value is -1.31. The van der Waals surface area contributed by atoms with Crippen molar-refractivity contribution in [2.45, 2.75) is 13.3 Å². The van der Waals surface area contributed by atoms with Crippen LogP contribution in [-0.4, -0.2) is 5.71 Å². The number of rotatable bonds is 0. The maximum Gasteiger partial charge on any atom is 0.0427 e. The van der Waals surface area contributed by atoms with E-state index in [0.717, 1.165) is 12.1 Å². The molecular formula is C9H12N2. The lowest BCUT2D eigenvalue weighted by atomic mass is 10.3. The maximum absolute atomic E-state index is 4.17. The monoisotopic (exact) mass is 148 g/mol. The Bertz CT molecular complexity index is 222. The highest BCUT2D eigenvalue weighted by Gasteiger charge is 1.83. The van der Waals surface area contributed by atoms with Crippen molar-refractivity contribution in [3.63, 3.8) is 0 Å². The highest BCUT2D eigenvalue weighted by molar-refractivity contribution is 5.83. The SMILES string of the molecule is CC1=N/C=C\N/C=C\C=C\C1. The Balaban J connectivity index is 2.62. The van der Waals surface area contributed by atoms with Crippen molar-refractivity contribution in [1.29, 1.82) is 0 Å². The van der Waals surface area contributed by atoms with Gasteiger partial charge in [-0.05, 0) is 13.0 Å². The second-order valence-corrected chi connectivity index (χ2v) is 2.34. The zero-order valence-electron chi connectivity index (χ0n) is 6.62. The predicted octanol–water partition coefficient (Wildman–Crippen LogP) is 1.98. The second-order valence-electron chi connectivity index (χ2n) is 2.34. The first kappa shape index (κ1) is 7.79. The molecule has 0 aromatic rings. The van der Waals surface area contributed by atoms with Crippen LogP contribution in [0.2, 0.25) is 0 Å². The molecule has 2 heteroatoms. The van der Waals surface area contributed by atoms with Gasteiger partial charge in [0, 0.05) is 30.7 Å². The van der Waals surface area contributed by atoms with E-state index in [9.17, 15) is 0 Å². The summed E-state index contributed by atoms with van der Waals surface area (Å²) in [5.74, 6) is 0. The molecule has 0 saturated heterocycles. The third-order valence-electron chi connectivity index (χ3n) is 1.32. The van der Waals surface area contributed by atoms with E-state index < -0.39 is 0 Å². The lowest BCUT2D eigenvalue weighted by Gasteiger charge is -1.93. The van der Waals surface area contributed by atoms with E-state index in [1.165, 1.54) is 0 Å². The molecule has 0 radical (unpaired) electrons. The summed E-state index contributed by atoms with van der Waals surface area (Å²) in [5.41, 5.74) is 1.12. The summed E-state index contributed by atoms with van der Waals surface area (Å²) < 4.78 is 0. The normalized spacial score (nSPS) is 26.1. The quantitative estimate of drug-likeness (QED) is 0.558. The lowest BCUT2D eigenvalue weighted by molar-refractivity contribution is 1.17. The minimum Gasteiger partial charge on any atom is -0.366 e. The molecule has 0 aromatic carbocycles. The summed E-state index contributed by atoms with van der Waals surface area (Å²) in [5, 5.41) is 2.96. The van der Waals surface area contributed by atoms with Gasteiger partial charge in [-0.15, -0.1) is 0 Å². The molecule has 0 atom stereocenters. The molecule has 1 rings (SSSR count). The molecule has 58 valence electrons. The van der Waals surface area contributed by atoms with E-state index >= 15 is 0 Å². The largest absolute Gasteiger partial charge is 0.366 e. The van der Waals surface area contributed by atoms with Crippen molar-refractivity contribution in [3.05, 3.63) is 36.8 Å².